The first-order valence-corrected chi connectivity index (χ1v) is 8.95. The van der Waals surface area contributed by atoms with E-state index in [1.165, 1.54) is 11.3 Å². The number of benzene rings is 2. The van der Waals surface area contributed by atoms with Gasteiger partial charge in [-0.25, -0.2) is 0 Å². The first-order valence-electron chi connectivity index (χ1n) is 8.95. The average Bonchev–Trinajstić information content (AvgIpc) is 2.67. The van der Waals surface area contributed by atoms with Crippen molar-refractivity contribution >= 4 is 5.69 Å². The van der Waals surface area contributed by atoms with Crippen molar-refractivity contribution in [1.29, 1.82) is 0 Å². The second kappa shape index (κ2) is 9.94. The first kappa shape index (κ1) is 19.1. The predicted molar refractivity (Wildman–Crippen MR) is 105 cm³/mol. The lowest BCUT2D eigenvalue weighted by Gasteiger charge is -2.24. The Morgan fingerprint density at radius 3 is 2.32 bits per heavy atom. The monoisotopic (exact) mass is 342 g/mol. The third-order valence-electron chi connectivity index (χ3n) is 4.38. The molecule has 2 aromatic carbocycles. The molecule has 0 unspecified atom stereocenters. The van der Waals surface area contributed by atoms with Gasteiger partial charge in [0.1, 0.15) is 18.1 Å². The molecule has 0 saturated heterocycles. The Bertz CT molecular complexity index is 628. The Labute approximate surface area is 152 Å². The quantitative estimate of drug-likeness (QED) is 0.650. The van der Waals surface area contributed by atoms with Crippen molar-refractivity contribution in [3.63, 3.8) is 0 Å². The smallest absolute Gasteiger partial charge is 0.120 e. The van der Waals surface area contributed by atoms with Gasteiger partial charge in [0, 0.05) is 31.4 Å². The van der Waals surface area contributed by atoms with Gasteiger partial charge in [-0.2, -0.15) is 0 Å². The molecule has 0 heterocycles. The van der Waals surface area contributed by atoms with E-state index >= 15 is 0 Å². The van der Waals surface area contributed by atoms with Gasteiger partial charge in [0.2, 0.25) is 0 Å². The summed E-state index contributed by atoms with van der Waals surface area (Å²) >= 11 is 0. The summed E-state index contributed by atoms with van der Waals surface area (Å²) in [5.74, 6) is 1.81. The van der Waals surface area contributed by atoms with Gasteiger partial charge in [-0.1, -0.05) is 25.1 Å². The van der Waals surface area contributed by atoms with Crippen LogP contribution in [0.1, 0.15) is 19.4 Å². The van der Waals surface area contributed by atoms with Crippen LogP contribution in [0.4, 0.5) is 5.69 Å². The molecule has 0 saturated carbocycles. The molecule has 0 amide bonds. The number of hydrogen-bond acceptors (Lipinski definition) is 4. The Hall–Kier alpha value is -2.20. The van der Waals surface area contributed by atoms with Crippen LogP contribution in [0.5, 0.6) is 11.5 Å². The van der Waals surface area contributed by atoms with Crippen LogP contribution in [0.25, 0.3) is 0 Å². The summed E-state index contributed by atoms with van der Waals surface area (Å²) in [5.41, 5.74) is 2.44. The third-order valence-corrected chi connectivity index (χ3v) is 4.38. The third kappa shape index (κ3) is 5.98. The molecule has 0 aliphatic carbocycles. The molecule has 2 aromatic rings. The van der Waals surface area contributed by atoms with Gasteiger partial charge in [-0.3, -0.25) is 0 Å². The molecule has 136 valence electrons. The van der Waals surface area contributed by atoms with Crippen LogP contribution in [0, 0.1) is 0 Å². The Morgan fingerprint density at radius 2 is 1.68 bits per heavy atom. The fourth-order valence-electron chi connectivity index (χ4n) is 2.58. The predicted octanol–water partition coefficient (Wildman–Crippen LogP) is 4.05. The van der Waals surface area contributed by atoms with Gasteiger partial charge in [0.25, 0.3) is 0 Å². The molecule has 0 spiro atoms. The van der Waals surface area contributed by atoms with Gasteiger partial charge in [-0.05, 0) is 50.3 Å². The lowest BCUT2D eigenvalue weighted by atomic mass is 10.2. The van der Waals surface area contributed by atoms with Gasteiger partial charge < -0.3 is 19.3 Å². The molecule has 0 aromatic heterocycles. The molecular weight excluding hydrogens is 312 g/mol. The summed E-state index contributed by atoms with van der Waals surface area (Å²) in [7, 11) is 3.80. The van der Waals surface area contributed by atoms with E-state index in [2.05, 4.69) is 67.1 Å². The minimum Gasteiger partial charge on any atom is -0.497 e. The van der Waals surface area contributed by atoms with Crippen molar-refractivity contribution in [2.75, 3.05) is 45.3 Å². The van der Waals surface area contributed by atoms with E-state index < -0.39 is 0 Å². The second-order valence-electron chi connectivity index (χ2n) is 6.10. The van der Waals surface area contributed by atoms with E-state index in [4.69, 9.17) is 9.47 Å². The second-order valence-corrected chi connectivity index (χ2v) is 6.10. The number of rotatable bonds is 10. The van der Waals surface area contributed by atoms with Crippen LogP contribution in [0.15, 0.2) is 48.5 Å². The molecule has 4 nitrogen and oxygen atoms in total. The Balaban J connectivity index is 1.94. The molecule has 0 aliphatic heterocycles. The van der Waals surface area contributed by atoms with E-state index in [0.29, 0.717) is 6.61 Å². The standard InChI is InChI=1S/C21H30N2O2/c1-5-22(3)14-15-25-20-12-10-18(11-13-20)17-23(6-2)19-8-7-9-21(16-19)24-4/h7-13,16H,5-6,14-15,17H2,1-4H3. The summed E-state index contributed by atoms with van der Waals surface area (Å²) in [6, 6.07) is 16.6. The number of anilines is 1. The maximum Gasteiger partial charge on any atom is 0.120 e. The van der Waals surface area contributed by atoms with E-state index in [9.17, 15) is 0 Å². The number of hydrogen-bond donors (Lipinski definition) is 0. The summed E-state index contributed by atoms with van der Waals surface area (Å²) in [6.07, 6.45) is 0. The zero-order valence-electron chi connectivity index (χ0n) is 15.9. The fraction of sp³-hybridized carbons (Fsp3) is 0.429. The Kier molecular flexibility index (Phi) is 7.61. The van der Waals surface area contributed by atoms with Crippen LogP contribution in [-0.4, -0.2) is 45.3 Å². The topological polar surface area (TPSA) is 24.9 Å². The molecule has 2 rings (SSSR count). The first-order chi connectivity index (χ1) is 12.2. The number of likely N-dealkylation sites (N-methyl/N-ethyl adjacent to an activating group) is 1. The summed E-state index contributed by atoms with van der Waals surface area (Å²) < 4.78 is 11.1. The lowest BCUT2D eigenvalue weighted by molar-refractivity contribution is 0.244. The molecular formula is C21H30N2O2. The van der Waals surface area contributed by atoms with Crippen LogP contribution >= 0.6 is 0 Å². The minimum atomic E-state index is 0.717. The van der Waals surface area contributed by atoms with E-state index in [1.54, 1.807) is 7.11 Å². The average molecular weight is 342 g/mol. The summed E-state index contributed by atoms with van der Waals surface area (Å²) in [5, 5.41) is 0. The highest BCUT2D eigenvalue weighted by molar-refractivity contribution is 5.51. The maximum absolute atomic E-state index is 5.81. The van der Waals surface area contributed by atoms with Gasteiger partial charge in [0.15, 0.2) is 0 Å². The molecule has 0 atom stereocenters. The van der Waals surface area contributed by atoms with Crippen molar-refractivity contribution in [3.8, 4) is 11.5 Å². The van der Waals surface area contributed by atoms with Gasteiger partial charge in [-0.15, -0.1) is 0 Å². The van der Waals surface area contributed by atoms with E-state index in [1.807, 2.05) is 12.1 Å². The van der Waals surface area contributed by atoms with Crippen molar-refractivity contribution in [1.82, 2.24) is 4.90 Å². The van der Waals surface area contributed by atoms with Gasteiger partial charge >= 0.3 is 0 Å². The molecule has 0 aliphatic rings. The maximum atomic E-state index is 5.81. The van der Waals surface area contributed by atoms with Crippen LogP contribution in [-0.2, 0) is 6.54 Å². The highest BCUT2D eigenvalue weighted by atomic mass is 16.5. The molecule has 0 radical (unpaired) electrons. The van der Waals surface area contributed by atoms with Crippen molar-refractivity contribution in [3.05, 3.63) is 54.1 Å². The molecule has 4 heteroatoms. The molecule has 0 fully saturated rings. The van der Waals surface area contributed by atoms with Crippen molar-refractivity contribution < 1.29 is 9.47 Å². The highest BCUT2D eigenvalue weighted by Gasteiger charge is 2.07. The SMILES string of the molecule is CCN(C)CCOc1ccc(CN(CC)c2cccc(OC)c2)cc1. The minimum absolute atomic E-state index is 0.717. The molecule has 0 bridgehead atoms. The zero-order valence-corrected chi connectivity index (χ0v) is 15.9. The number of ether oxygens (including phenoxy) is 2. The van der Waals surface area contributed by atoms with Crippen LogP contribution in [0.3, 0.4) is 0 Å². The molecule has 0 N–H and O–H groups in total. The summed E-state index contributed by atoms with van der Waals surface area (Å²) in [4.78, 5) is 4.57. The zero-order chi connectivity index (χ0) is 18.1. The van der Waals surface area contributed by atoms with E-state index in [0.717, 1.165) is 37.7 Å². The van der Waals surface area contributed by atoms with Crippen molar-refractivity contribution in [2.24, 2.45) is 0 Å². The highest BCUT2D eigenvalue weighted by Crippen LogP contribution is 2.23. The van der Waals surface area contributed by atoms with E-state index in [-0.39, 0.29) is 0 Å². The Morgan fingerprint density at radius 1 is 0.920 bits per heavy atom. The number of methoxy groups -OCH3 is 1. The normalized spacial score (nSPS) is 10.8. The largest absolute Gasteiger partial charge is 0.497 e. The number of nitrogens with zero attached hydrogens (tertiary/aromatic N) is 2. The van der Waals surface area contributed by atoms with Crippen molar-refractivity contribution in [2.45, 2.75) is 20.4 Å². The fourth-order valence-corrected chi connectivity index (χ4v) is 2.58. The van der Waals surface area contributed by atoms with Crippen LogP contribution in [0.2, 0.25) is 0 Å². The molecule has 25 heavy (non-hydrogen) atoms. The van der Waals surface area contributed by atoms with Crippen LogP contribution < -0.4 is 14.4 Å². The lowest BCUT2D eigenvalue weighted by Crippen LogP contribution is -2.23. The van der Waals surface area contributed by atoms with Gasteiger partial charge in [0.05, 0.1) is 7.11 Å². The summed E-state index contributed by atoms with van der Waals surface area (Å²) in [6.45, 7) is 8.82.